The molecule has 1 N–H and O–H groups in total. The second-order valence-corrected chi connectivity index (χ2v) is 5.55. The lowest BCUT2D eigenvalue weighted by Crippen LogP contribution is -2.22. The molecular weight excluding hydrogens is 304 g/mol. The van der Waals surface area contributed by atoms with Gasteiger partial charge in [-0.2, -0.15) is 0 Å². The van der Waals surface area contributed by atoms with Crippen LogP contribution in [0.25, 0.3) is 0 Å². The second-order valence-electron chi connectivity index (χ2n) is 5.55. The first kappa shape index (κ1) is 16.0. The number of hydrogen-bond acceptors (Lipinski definition) is 4. The Hall–Kier alpha value is -2.92. The third kappa shape index (κ3) is 4.30. The normalized spacial score (nSPS) is 10.9. The van der Waals surface area contributed by atoms with Gasteiger partial charge in [-0.25, -0.2) is 9.78 Å². The molecule has 0 atom stereocenters. The Labute approximate surface area is 140 Å². The zero-order chi connectivity index (χ0) is 16.8. The van der Waals surface area contributed by atoms with Crippen molar-refractivity contribution < 1.29 is 14.3 Å². The highest BCUT2D eigenvalue weighted by Gasteiger charge is 2.14. The SMILES string of the molecule is O=C(O)c1coc(CN(Cc2ccccc2)Cc2ccccc2)n1. The first-order valence-corrected chi connectivity index (χ1v) is 7.68. The minimum absolute atomic E-state index is 0.0654. The van der Waals surface area contributed by atoms with Gasteiger partial charge in [0.2, 0.25) is 5.89 Å². The minimum Gasteiger partial charge on any atom is -0.476 e. The van der Waals surface area contributed by atoms with Crippen molar-refractivity contribution in [3.05, 3.63) is 89.6 Å². The molecule has 2 aromatic carbocycles. The molecular formula is C19H18N2O3. The highest BCUT2D eigenvalue weighted by atomic mass is 16.4. The molecule has 1 aromatic heterocycles. The van der Waals surface area contributed by atoms with Gasteiger partial charge in [0.25, 0.3) is 0 Å². The van der Waals surface area contributed by atoms with Crippen molar-refractivity contribution in [2.75, 3.05) is 0 Å². The van der Waals surface area contributed by atoms with Gasteiger partial charge < -0.3 is 9.52 Å². The molecule has 0 aliphatic rings. The molecule has 24 heavy (non-hydrogen) atoms. The van der Waals surface area contributed by atoms with E-state index in [1.54, 1.807) is 0 Å². The van der Waals surface area contributed by atoms with Gasteiger partial charge in [-0.1, -0.05) is 60.7 Å². The second kappa shape index (κ2) is 7.57. The van der Waals surface area contributed by atoms with Crippen molar-refractivity contribution in [3.63, 3.8) is 0 Å². The summed E-state index contributed by atoms with van der Waals surface area (Å²) in [6.07, 6.45) is 1.18. The summed E-state index contributed by atoms with van der Waals surface area (Å²) < 4.78 is 5.30. The quantitative estimate of drug-likeness (QED) is 0.720. The van der Waals surface area contributed by atoms with Crippen LogP contribution in [0.4, 0.5) is 0 Å². The van der Waals surface area contributed by atoms with Crippen LogP contribution in [0.5, 0.6) is 0 Å². The molecule has 0 spiro atoms. The molecule has 0 saturated heterocycles. The van der Waals surface area contributed by atoms with Gasteiger partial charge in [-0.3, -0.25) is 4.90 Å². The summed E-state index contributed by atoms with van der Waals surface area (Å²) in [5, 5.41) is 8.97. The van der Waals surface area contributed by atoms with Gasteiger partial charge in [-0.05, 0) is 11.1 Å². The van der Waals surface area contributed by atoms with E-state index in [9.17, 15) is 4.79 Å². The van der Waals surface area contributed by atoms with Crippen molar-refractivity contribution >= 4 is 5.97 Å². The Morgan fingerprint density at radius 1 is 0.917 bits per heavy atom. The highest BCUT2D eigenvalue weighted by molar-refractivity contribution is 5.84. The van der Waals surface area contributed by atoms with Crippen LogP contribution in [0.15, 0.2) is 71.3 Å². The van der Waals surface area contributed by atoms with E-state index >= 15 is 0 Å². The van der Waals surface area contributed by atoms with Crippen molar-refractivity contribution in [1.29, 1.82) is 0 Å². The fourth-order valence-corrected chi connectivity index (χ4v) is 2.52. The topological polar surface area (TPSA) is 66.6 Å². The fourth-order valence-electron chi connectivity index (χ4n) is 2.52. The van der Waals surface area contributed by atoms with E-state index in [-0.39, 0.29) is 5.69 Å². The molecule has 3 rings (SSSR count). The molecule has 122 valence electrons. The van der Waals surface area contributed by atoms with Crippen molar-refractivity contribution in [1.82, 2.24) is 9.88 Å². The van der Waals surface area contributed by atoms with Crippen LogP contribution in [0.1, 0.15) is 27.5 Å². The van der Waals surface area contributed by atoms with E-state index in [1.165, 1.54) is 17.4 Å². The number of hydrogen-bond donors (Lipinski definition) is 1. The van der Waals surface area contributed by atoms with Crippen LogP contribution in [0.2, 0.25) is 0 Å². The van der Waals surface area contributed by atoms with Crippen LogP contribution >= 0.6 is 0 Å². The Morgan fingerprint density at radius 3 is 1.92 bits per heavy atom. The lowest BCUT2D eigenvalue weighted by Gasteiger charge is -2.21. The maximum atomic E-state index is 10.9. The molecule has 5 heteroatoms. The van der Waals surface area contributed by atoms with Gasteiger partial charge in [0.1, 0.15) is 6.26 Å². The minimum atomic E-state index is -1.08. The van der Waals surface area contributed by atoms with Crippen LogP contribution in [-0.4, -0.2) is 21.0 Å². The van der Waals surface area contributed by atoms with Crippen molar-refractivity contribution in [3.8, 4) is 0 Å². The van der Waals surface area contributed by atoms with E-state index in [4.69, 9.17) is 9.52 Å². The number of carboxylic acids is 1. The van der Waals surface area contributed by atoms with Gasteiger partial charge in [0.05, 0.1) is 6.54 Å². The molecule has 5 nitrogen and oxygen atoms in total. The summed E-state index contributed by atoms with van der Waals surface area (Å²) in [6, 6.07) is 20.2. The number of benzene rings is 2. The molecule has 0 saturated carbocycles. The van der Waals surface area contributed by atoms with Gasteiger partial charge in [0.15, 0.2) is 5.69 Å². The van der Waals surface area contributed by atoms with Crippen LogP contribution in [0.3, 0.4) is 0 Å². The molecule has 0 unspecified atom stereocenters. The zero-order valence-electron chi connectivity index (χ0n) is 13.1. The van der Waals surface area contributed by atoms with Crippen molar-refractivity contribution in [2.24, 2.45) is 0 Å². The van der Waals surface area contributed by atoms with E-state index < -0.39 is 5.97 Å². The summed E-state index contributed by atoms with van der Waals surface area (Å²) in [5.41, 5.74) is 2.29. The Morgan fingerprint density at radius 2 is 1.46 bits per heavy atom. The Kier molecular flexibility index (Phi) is 5.03. The summed E-state index contributed by atoms with van der Waals surface area (Å²) in [7, 11) is 0. The van der Waals surface area contributed by atoms with Crippen LogP contribution in [-0.2, 0) is 19.6 Å². The van der Waals surface area contributed by atoms with E-state index in [0.29, 0.717) is 12.4 Å². The maximum absolute atomic E-state index is 10.9. The summed E-state index contributed by atoms with van der Waals surface area (Å²) in [4.78, 5) is 17.1. The third-order valence-corrected chi connectivity index (χ3v) is 3.63. The molecule has 3 aromatic rings. The Bertz CT molecular complexity index is 743. The standard InChI is InChI=1S/C19H18N2O3/c22-19(23)17-14-24-18(20-17)13-21(11-15-7-3-1-4-8-15)12-16-9-5-2-6-10-16/h1-10,14H,11-13H2,(H,22,23). The Balaban J connectivity index is 1.76. The van der Waals surface area contributed by atoms with Crippen LogP contribution in [0, 0.1) is 0 Å². The number of nitrogens with zero attached hydrogens (tertiary/aromatic N) is 2. The van der Waals surface area contributed by atoms with Crippen LogP contribution < -0.4 is 0 Å². The lowest BCUT2D eigenvalue weighted by atomic mass is 10.1. The summed E-state index contributed by atoms with van der Waals surface area (Å²) in [6.45, 7) is 1.89. The summed E-state index contributed by atoms with van der Waals surface area (Å²) in [5.74, 6) is -0.679. The fraction of sp³-hybridized carbons (Fsp3) is 0.158. The number of aromatic carboxylic acids is 1. The largest absolute Gasteiger partial charge is 0.476 e. The van der Waals surface area contributed by atoms with E-state index in [1.807, 2.05) is 36.4 Å². The monoisotopic (exact) mass is 322 g/mol. The molecule has 0 aliphatic heterocycles. The highest BCUT2D eigenvalue weighted by Crippen LogP contribution is 2.14. The third-order valence-electron chi connectivity index (χ3n) is 3.63. The molecule has 0 fully saturated rings. The first-order valence-electron chi connectivity index (χ1n) is 7.68. The number of carbonyl (C=O) groups is 1. The predicted molar refractivity (Wildman–Crippen MR) is 89.3 cm³/mol. The van der Waals surface area contributed by atoms with E-state index in [0.717, 1.165) is 13.1 Å². The smallest absolute Gasteiger partial charge is 0.357 e. The summed E-state index contributed by atoms with van der Waals surface area (Å²) >= 11 is 0. The number of rotatable bonds is 7. The average Bonchev–Trinajstić information content (AvgIpc) is 3.05. The van der Waals surface area contributed by atoms with Gasteiger partial charge >= 0.3 is 5.97 Å². The predicted octanol–water partition coefficient (Wildman–Crippen LogP) is 3.58. The van der Waals surface area contributed by atoms with Gasteiger partial charge in [-0.15, -0.1) is 0 Å². The zero-order valence-corrected chi connectivity index (χ0v) is 13.1. The molecule has 0 bridgehead atoms. The molecule has 0 radical (unpaired) electrons. The van der Waals surface area contributed by atoms with Crippen molar-refractivity contribution in [2.45, 2.75) is 19.6 Å². The maximum Gasteiger partial charge on any atom is 0.357 e. The van der Waals surface area contributed by atoms with E-state index in [2.05, 4.69) is 34.1 Å². The number of aromatic nitrogens is 1. The van der Waals surface area contributed by atoms with Gasteiger partial charge in [0, 0.05) is 13.1 Å². The number of carboxylic acid groups (broad SMARTS) is 1. The molecule has 0 aliphatic carbocycles. The first-order chi connectivity index (χ1) is 11.7. The lowest BCUT2D eigenvalue weighted by molar-refractivity contribution is 0.0690. The molecule has 0 amide bonds. The average molecular weight is 322 g/mol. The number of oxazole rings is 1. The molecule has 1 heterocycles.